The summed E-state index contributed by atoms with van der Waals surface area (Å²) in [5.41, 5.74) is 2.20. The van der Waals surface area contributed by atoms with Gasteiger partial charge in [-0.1, -0.05) is 6.07 Å². The predicted molar refractivity (Wildman–Crippen MR) is 59.9 cm³/mol. The zero-order valence-corrected chi connectivity index (χ0v) is 8.99. The smallest absolute Gasteiger partial charge is 0.339 e. The van der Waals surface area contributed by atoms with Crippen LogP contribution in [0.1, 0.15) is 40.4 Å². The minimum absolute atomic E-state index is 0.303. The molecule has 0 amide bonds. The number of carboxylic acid groups (broad SMARTS) is 1. The first-order chi connectivity index (χ1) is 7.66. The molecule has 1 N–H and O–H groups in total. The summed E-state index contributed by atoms with van der Waals surface area (Å²) in [5.74, 6) is 0.195. The van der Waals surface area contributed by atoms with Gasteiger partial charge >= 0.3 is 5.97 Å². The van der Waals surface area contributed by atoms with E-state index in [1.165, 1.54) is 18.4 Å². The molecule has 0 radical (unpaired) electrons. The van der Waals surface area contributed by atoms with E-state index in [9.17, 15) is 4.79 Å². The number of carboxylic acids is 1. The van der Waals surface area contributed by atoms with Gasteiger partial charge in [0.25, 0.3) is 0 Å². The summed E-state index contributed by atoms with van der Waals surface area (Å²) in [7, 11) is 0. The number of rotatable bonds is 2. The van der Waals surface area contributed by atoms with Crippen molar-refractivity contribution in [2.24, 2.45) is 0 Å². The van der Waals surface area contributed by atoms with Crippen molar-refractivity contribution in [3.63, 3.8) is 0 Å². The molecule has 1 aliphatic rings. The standard InChI is InChI=1S/C13H12O3/c1-7-12(13(14)15)10-6-9(8-2-3-8)4-5-11(10)16-7/h4-6,8H,2-3H2,1H3,(H,14,15). The van der Waals surface area contributed by atoms with E-state index >= 15 is 0 Å². The Balaban J connectivity index is 2.26. The molecular formula is C13H12O3. The number of aromatic carboxylic acids is 1. The molecule has 0 saturated heterocycles. The molecule has 1 saturated carbocycles. The van der Waals surface area contributed by atoms with E-state index in [0.717, 1.165) is 5.39 Å². The van der Waals surface area contributed by atoms with Gasteiger partial charge in [-0.3, -0.25) is 0 Å². The van der Waals surface area contributed by atoms with Crippen LogP contribution in [0.25, 0.3) is 11.0 Å². The Kier molecular flexibility index (Phi) is 1.84. The Morgan fingerprint density at radius 2 is 2.19 bits per heavy atom. The van der Waals surface area contributed by atoms with E-state index in [-0.39, 0.29) is 0 Å². The fourth-order valence-electron chi connectivity index (χ4n) is 2.17. The first-order valence-corrected chi connectivity index (χ1v) is 5.43. The number of furan rings is 1. The van der Waals surface area contributed by atoms with E-state index in [0.29, 0.717) is 22.8 Å². The second-order valence-electron chi connectivity index (χ2n) is 4.37. The highest BCUT2D eigenvalue weighted by molar-refractivity contribution is 6.03. The second-order valence-corrected chi connectivity index (χ2v) is 4.37. The van der Waals surface area contributed by atoms with Crippen molar-refractivity contribution in [2.75, 3.05) is 0 Å². The Morgan fingerprint density at radius 3 is 2.81 bits per heavy atom. The number of aryl methyl sites for hydroxylation is 1. The zero-order chi connectivity index (χ0) is 11.3. The number of hydrogen-bond acceptors (Lipinski definition) is 2. The van der Waals surface area contributed by atoms with Crippen molar-refractivity contribution in [2.45, 2.75) is 25.7 Å². The lowest BCUT2D eigenvalue weighted by Crippen LogP contribution is -1.96. The van der Waals surface area contributed by atoms with Gasteiger partial charge in [-0.05, 0) is 43.4 Å². The monoisotopic (exact) mass is 216 g/mol. The quantitative estimate of drug-likeness (QED) is 0.837. The molecule has 0 unspecified atom stereocenters. The van der Waals surface area contributed by atoms with E-state index in [1.54, 1.807) is 6.92 Å². The molecule has 1 heterocycles. The highest BCUT2D eigenvalue weighted by Crippen LogP contribution is 2.41. The molecular weight excluding hydrogens is 204 g/mol. The maximum atomic E-state index is 11.1. The Bertz CT molecular complexity index is 576. The first kappa shape index (κ1) is 9.46. The van der Waals surface area contributed by atoms with Gasteiger partial charge in [0, 0.05) is 5.39 Å². The number of fused-ring (bicyclic) bond motifs is 1. The Labute approximate surface area is 92.7 Å². The molecule has 82 valence electrons. The average Bonchev–Trinajstić information content (AvgIpc) is 2.99. The fourth-order valence-corrected chi connectivity index (χ4v) is 2.17. The van der Waals surface area contributed by atoms with Gasteiger partial charge in [-0.2, -0.15) is 0 Å². The zero-order valence-electron chi connectivity index (χ0n) is 8.99. The lowest BCUT2D eigenvalue weighted by atomic mass is 10.1. The summed E-state index contributed by atoms with van der Waals surface area (Å²) < 4.78 is 5.43. The minimum atomic E-state index is -0.913. The molecule has 16 heavy (non-hydrogen) atoms. The molecule has 1 aromatic heterocycles. The average molecular weight is 216 g/mol. The molecule has 0 atom stereocenters. The van der Waals surface area contributed by atoms with Crippen molar-refractivity contribution in [3.05, 3.63) is 35.1 Å². The van der Waals surface area contributed by atoms with Gasteiger partial charge in [0.2, 0.25) is 0 Å². The molecule has 1 aliphatic carbocycles. The van der Waals surface area contributed by atoms with Crippen LogP contribution in [-0.2, 0) is 0 Å². The molecule has 0 aliphatic heterocycles. The number of benzene rings is 1. The van der Waals surface area contributed by atoms with Crippen LogP contribution < -0.4 is 0 Å². The second kappa shape index (κ2) is 3.11. The van der Waals surface area contributed by atoms with Crippen LogP contribution in [0.4, 0.5) is 0 Å². The lowest BCUT2D eigenvalue weighted by Gasteiger charge is -1.97. The third-order valence-electron chi connectivity index (χ3n) is 3.15. The summed E-state index contributed by atoms with van der Waals surface area (Å²) >= 11 is 0. The molecule has 1 aromatic carbocycles. The van der Waals surface area contributed by atoms with Crippen LogP contribution in [0.15, 0.2) is 22.6 Å². The Hall–Kier alpha value is -1.77. The van der Waals surface area contributed by atoms with Gasteiger partial charge in [-0.25, -0.2) is 4.79 Å². The van der Waals surface area contributed by atoms with Gasteiger partial charge in [0.15, 0.2) is 0 Å². The van der Waals surface area contributed by atoms with E-state index in [2.05, 4.69) is 0 Å². The fraction of sp³-hybridized carbons (Fsp3) is 0.308. The topological polar surface area (TPSA) is 50.4 Å². The normalized spacial score (nSPS) is 15.6. The number of hydrogen-bond donors (Lipinski definition) is 1. The molecule has 3 nitrogen and oxygen atoms in total. The van der Waals surface area contributed by atoms with Crippen molar-refractivity contribution >= 4 is 16.9 Å². The molecule has 2 aromatic rings. The summed E-state index contributed by atoms with van der Waals surface area (Å²) in [6.07, 6.45) is 2.43. The highest BCUT2D eigenvalue weighted by Gasteiger charge is 2.25. The van der Waals surface area contributed by atoms with Crippen LogP contribution in [-0.4, -0.2) is 11.1 Å². The summed E-state index contributed by atoms with van der Waals surface area (Å²) in [6.45, 7) is 1.69. The largest absolute Gasteiger partial charge is 0.478 e. The van der Waals surface area contributed by atoms with E-state index in [1.807, 2.05) is 18.2 Å². The summed E-state index contributed by atoms with van der Waals surface area (Å²) in [6, 6.07) is 5.88. The van der Waals surface area contributed by atoms with Gasteiger partial charge in [0.05, 0.1) is 0 Å². The van der Waals surface area contributed by atoms with Gasteiger partial charge in [0.1, 0.15) is 16.9 Å². The summed E-state index contributed by atoms with van der Waals surface area (Å²) in [4.78, 5) is 11.1. The van der Waals surface area contributed by atoms with Crippen molar-refractivity contribution in [1.29, 1.82) is 0 Å². The maximum absolute atomic E-state index is 11.1. The van der Waals surface area contributed by atoms with Crippen molar-refractivity contribution < 1.29 is 14.3 Å². The van der Waals surface area contributed by atoms with E-state index in [4.69, 9.17) is 9.52 Å². The van der Waals surface area contributed by atoms with Crippen LogP contribution in [0, 0.1) is 6.92 Å². The molecule has 0 spiro atoms. The molecule has 1 fully saturated rings. The Morgan fingerprint density at radius 1 is 1.44 bits per heavy atom. The first-order valence-electron chi connectivity index (χ1n) is 5.43. The lowest BCUT2D eigenvalue weighted by molar-refractivity contribution is 0.0697. The van der Waals surface area contributed by atoms with Crippen LogP contribution in [0.5, 0.6) is 0 Å². The van der Waals surface area contributed by atoms with Gasteiger partial charge in [-0.15, -0.1) is 0 Å². The van der Waals surface area contributed by atoms with E-state index < -0.39 is 5.97 Å². The van der Waals surface area contributed by atoms with Crippen LogP contribution >= 0.6 is 0 Å². The SMILES string of the molecule is Cc1oc2ccc(C3CC3)cc2c1C(=O)O. The van der Waals surface area contributed by atoms with Crippen LogP contribution in [0.3, 0.4) is 0 Å². The van der Waals surface area contributed by atoms with Crippen LogP contribution in [0.2, 0.25) is 0 Å². The molecule has 3 rings (SSSR count). The molecule has 3 heteroatoms. The van der Waals surface area contributed by atoms with Crippen molar-refractivity contribution in [1.82, 2.24) is 0 Å². The van der Waals surface area contributed by atoms with Crippen molar-refractivity contribution in [3.8, 4) is 0 Å². The summed E-state index contributed by atoms with van der Waals surface area (Å²) in [5, 5.41) is 9.87. The minimum Gasteiger partial charge on any atom is -0.478 e. The maximum Gasteiger partial charge on any atom is 0.339 e. The number of carbonyl (C=O) groups is 1. The predicted octanol–water partition coefficient (Wildman–Crippen LogP) is 3.32. The third kappa shape index (κ3) is 1.32. The third-order valence-corrected chi connectivity index (χ3v) is 3.15. The van der Waals surface area contributed by atoms with Gasteiger partial charge < -0.3 is 9.52 Å². The highest BCUT2D eigenvalue weighted by atomic mass is 16.4. The molecule has 0 bridgehead atoms.